The average Bonchev–Trinajstić information content (AvgIpc) is 2.23. The van der Waals surface area contributed by atoms with Crippen LogP contribution >= 0.6 is 27.5 Å². The Bertz CT molecular complexity index is 412. The topological polar surface area (TPSA) is 29.1 Å². The summed E-state index contributed by atoms with van der Waals surface area (Å²) in [5.41, 5.74) is 0.880. The zero-order valence-corrected chi connectivity index (χ0v) is 11.9. The van der Waals surface area contributed by atoms with Gasteiger partial charge < -0.3 is 5.32 Å². The lowest BCUT2D eigenvalue weighted by Gasteiger charge is -2.41. The van der Waals surface area contributed by atoms with Crippen LogP contribution in [0, 0.1) is 0 Å². The number of carbonyl (C=O) groups is 1. The maximum atomic E-state index is 11.9. The van der Waals surface area contributed by atoms with Crippen molar-refractivity contribution >= 4 is 33.4 Å². The summed E-state index contributed by atoms with van der Waals surface area (Å²) < 4.78 is 0.999. The highest BCUT2D eigenvalue weighted by Gasteiger charge is 2.37. The van der Waals surface area contributed by atoms with E-state index in [1.54, 1.807) is 0 Å². The molecule has 0 aliphatic heterocycles. The van der Waals surface area contributed by atoms with Gasteiger partial charge in [-0.05, 0) is 37.0 Å². The quantitative estimate of drug-likeness (QED) is 0.849. The number of carbonyl (C=O) groups excluding carboxylic acids is 1. The van der Waals surface area contributed by atoms with Crippen LogP contribution < -0.4 is 5.32 Å². The summed E-state index contributed by atoms with van der Waals surface area (Å²) in [4.78, 5) is 11.9. The smallest absolute Gasteiger partial charge is 0.224 e. The molecule has 0 atom stereocenters. The molecule has 1 aliphatic carbocycles. The highest BCUT2D eigenvalue weighted by Crippen LogP contribution is 2.32. The Morgan fingerprint density at radius 3 is 2.76 bits per heavy atom. The molecule has 4 heteroatoms. The second-order valence-electron chi connectivity index (χ2n) is 4.62. The molecular weight excluding hydrogens is 302 g/mol. The van der Waals surface area contributed by atoms with Gasteiger partial charge in [-0.3, -0.25) is 4.79 Å². The van der Waals surface area contributed by atoms with Crippen molar-refractivity contribution in [2.75, 3.05) is 5.88 Å². The Morgan fingerprint density at radius 2 is 2.24 bits per heavy atom. The van der Waals surface area contributed by atoms with Gasteiger partial charge in [0.25, 0.3) is 0 Å². The van der Waals surface area contributed by atoms with Crippen LogP contribution in [0.4, 0.5) is 0 Å². The van der Waals surface area contributed by atoms with Crippen LogP contribution in [0.5, 0.6) is 0 Å². The van der Waals surface area contributed by atoms with Gasteiger partial charge in [0.15, 0.2) is 0 Å². The fraction of sp³-hybridized carbons (Fsp3) is 0.462. The number of rotatable bonds is 4. The summed E-state index contributed by atoms with van der Waals surface area (Å²) in [6, 6.07) is 7.81. The van der Waals surface area contributed by atoms with Crippen molar-refractivity contribution in [3.8, 4) is 0 Å². The van der Waals surface area contributed by atoms with Gasteiger partial charge in [0.05, 0.1) is 12.0 Å². The molecule has 1 saturated carbocycles. The normalized spacial score (nSPS) is 17.3. The minimum absolute atomic E-state index is 0.0588. The molecular formula is C13H15BrClNO. The van der Waals surface area contributed by atoms with Gasteiger partial charge in [0.1, 0.15) is 0 Å². The van der Waals surface area contributed by atoms with E-state index < -0.39 is 0 Å². The summed E-state index contributed by atoms with van der Waals surface area (Å²) in [5, 5.41) is 3.06. The first-order valence-corrected chi connectivity index (χ1v) is 7.08. The Kier molecular flexibility index (Phi) is 4.10. The second-order valence-corrected chi connectivity index (χ2v) is 5.81. The second kappa shape index (κ2) is 5.40. The molecule has 2 rings (SSSR count). The van der Waals surface area contributed by atoms with Crippen molar-refractivity contribution in [3.05, 3.63) is 34.3 Å². The number of alkyl halides is 1. The van der Waals surface area contributed by atoms with Gasteiger partial charge >= 0.3 is 0 Å². The first-order chi connectivity index (χ1) is 8.13. The van der Waals surface area contributed by atoms with Crippen LogP contribution in [0.15, 0.2) is 28.7 Å². The van der Waals surface area contributed by atoms with Crippen molar-refractivity contribution in [2.45, 2.75) is 31.2 Å². The maximum absolute atomic E-state index is 11.9. The van der Waals surface area contributed by atoms with E-state index in [4.69, 9.17) is 11.6 Å². The van der Waals surface area contributed by atoms with E-state index in [-0.39, 0.29) is 11.4 Å². The number of halogens is 2. The Hall–Kier alpha value is -0.540. The zero-order chi connectivity index (χ0) is 12.3. The van der Waals surface area contributed by atoms with Crippen LogP contribution in [-0.2, 0) is 11.2 Å². The molecule has 0 radical (unpaired) electrons. The van der Waals surface area contributed by atoms with E-state index in [1.807, 2.05) is 24.3 Å². The van der Waals surface area contributed by atoms with Crippen molar-refractivity contribution in [1.29, 1.82) is 0 Å². The average molecular weight is 317 g/mol. The predicted molar refractivity (Wildman–Crippen MR) is 73.3 cm³/mol. The van der Waals surface area contributed by atoms with Crippen LogP contribution in [0.1, 0.15) is 24.8 Å². The molecule has 1 aromatic carbocycles. The molecule has 0 unspecified atom stereocenters. The largest absolute Gasteiger partial charge is 0.349 e. The predicted octanol–water partition coefficient (Wildman–Crippen LogP) is 3.27. The molecule has 0 aromatic heterocycles. The highest BCUT2D eigenvalue weighted by molar-refractivity contribution is 9.10. The van der Waals surface area contributed by atoms with E-state index in [1.165, 1.54) is 0 Å². The van der Waals surface area contributed by atoms with Crippen molar-refractivity contribution < 1.29 is 4.79 Å². The number of amides is 1. The Balaban J connectivity index is 1.93. The number of nitrogens with one attached hydrogen (secondary N) is 1. The lowest BCUT2D eigenvalue weighted by molar-refractivity contribution is -0.123. The van der Waals surface area contributed by atoms with Crippen LogP contribution in [0.25, 0.3) is 0 Å². The minimum Gasteiger partial charge on any atom is -0.349 e. The van der Waals surface area contributed by atoms with Gasteiger partial charge in [-0.2, -0.15) is 0 Å². The van der Waals surface area contributed by atoms with Gasteiger partial charge in [0.2, 0.25) is 5.91 Å². The molecule has 1 amide bonds. The third-order valence-electron chi connectivity index (χ3n) is 3.22. The summed E-state index contributed by atoms with van der Waals surface area (Å²) >= 11 is 9.31. The number of hydrogen-bond donors (Lipinski definition) is 1. The lowest BCUT2D eigenvalue weighted by atomic mass is 9.78. The van der Waals surface area contributed by atoms with Crippen LogP contribution in [-0.4, -0.2) is 17.3 Å². The van der Waals surface area contributed by atoms with Gasteiger partial charge in [-0.25, -0.2) is 0 Å². The number of benzene rings is 1. The SMILES string of the molecule is O=C(Cc1cccc(Br)c1)NC1(CCl)CCC1. The van der Waals surface area contributed by atoms with Crippen LogP contribution in [0.2, 0.25) is 0 Å². The number of hydrogen-bond acceptors (Lipinski definition) is 1. The third kappa shape index (κ3) is 3.23. The van der Waals surface area contributed by atoms with Crippen molar-refractivity contribution in [2.24, 2.45) is 0 Å². The summed E-state index contributed by atoms with van der Waals surface area (Å²) in [6.45, 7) is 0. The van der Waals surface area contributed by atoms with Crippen LogP contribution in [0.3, 0.4) is 0 Å². The molecule has 2 nitrogen and oxygen atoms in total. The zero-order valence-electron chi connectivity index (χ0n) is 9.51. The van der Waals surface area contributed by atoms with Gasteiger partial charge in [-0.1, -0.05) is 28.1 Å². The van der Waals surface area contributed by atoms with Crippen molar-refractivity contribution in [3.63, 3.8) is 0 Å². The Labute approximate surface area is 115 Å². The monoisotopic (exact) mass is 315 g/mol. The van der Waals surface area contributed by atoms with E-state index >= 15 is 0 Å². The highest BCUT2D eigenvalue weighted by atomic mass is 79.9. The summed E-state index contributed by atoms with van der Waals surface area (Å²) in [6.07, 6.45) is 3.57. The van der Waals surface area contributed by atoms with Gasteiger partial charge in [-0.15, -0.1) is 11.6 Å². The molecule has 1 aliphatic rings. The Morgan fingerprint density at radius 1 is 1.47 bits per heavy atom. The fourth-order valence-electron chi connectivity index (χ4n) is 2.07. The molecule has 0 bridgehead atoms. The first-order valence-electron chi connectivity index (χ1n) is 5.75. The molecule has 1 fully saturated rings. The van der Waals surface area contributed by atoms with Gasteiger partial charge in [0, 0.05) is 10.4 Å². The van der Waals surface area contributed by atoms with E-state index in [2.05, 4.69) is 21.2 Å². The van der Waals surface area contributed by atoms with Crippen molar-refractivity contribution in [1.82, 2.24) is 5.32 Å². The lowest BCUT2D eigenvalue weighted by Crippen LogP contribution is -2.55. The molecule has 0 saturated heterocycles. The molecule has 0 heterocycles. The van der Waals surface area contributed by atoms with E-state index in [9.17, 15) is 4.79 Å². The third-order valence-corrected chi connectivity index (χ3v) is 4.23. The van der Waals surface area contributed by atoms with E-state index in [0.29, 0.717) is 12.3 Å². The summed E-state index contributed by atoms with van der Waals surface area (Å²) in [7, 11) is 0. The molecule has 92 valence electrons. The molecule has 1 aromatic rings. The molecule has 0 spiro atoms. The molecule has 17 heavy (non-hydrogen) atoms. The minimum atomic E-state index is -0.134. The first kappa shape index (κ1) is 12.9. The fourth-order valence-corrected chi connectivity index (χ4v) is 2.85. The maximum Gasteiger partial charge on any atom is 0.224 e. The summed E-state index contributed by atoms with van der Waals surface area (Å²) in [5.74, 6) is 0.570. The van der Waals surface area contributed by atoms with E-state index in [0.717, 1.165) is 29.3 Å². The molecule has 1 N–H and O–H groups in total. The standard InChI is InChI=1S/C13H15BrClNO/c14-11-4-1-3-10(7-11)8-12(17)16-13(9-15)5-2-6-13/h1,3-4,7H,2,5-6,8-9H2,(H,16,17).